The van der Waals surface area contributed by atoms with E-state index in [4.69, 9.17) is 5.11 Å². The fraction of sp³-hybridized carbons (Fsp3) is 0.500. The first-order chi connectivity index (χ1) is 8.02. The summed E-state index contributed by atoms with van der Waals surface area (Å²) in [6.07, 6.45) is 0.143. The first-order valence-electron chi connectivity index (χ1n) is 5.29. The number of nitrogens with zero attached hydrogens (tertiary/aromatic N) is 2. The van der Waals surface area contributed by atoms with Crippen molar-refractivity contribution in [3.63, 3.8) is 0 Å². The van der Waals surface area contributed by atoms with E-state index in [1.807, 2.05) is 0 Å². The number of hydrogen-bond acceptors (Lipinski definition) is 6. The van der Waals surface area contributed by atoms with Crippen LogP contribution in [-0.4, -0.2) is 34.7 Å². The molecule has 0 aliphatic carbocycles. The maximum atomic E-state index is 10.7. The summed E-state index contributed by atoms with van der Waals surface area (Å²) in [7, 11) is 1.64. The van der Waals surface area contributed by atoms with Gasteiger partial charge in [0.1, 0.15) is 11.6 Å². The molecule has 0 amide bonds. The van der Waals surface area contributed by atoms with Crippen LogP contribution >= 0.6 is 0 Å². The van der Waals surface area contributed by atoms with E-state index < -0.39 is 11.0 Å². The minimum absolute atomic E-state index is 0.0242. The SMILES string of the molecule is CNc1cc([N+](=O)[O-])cc(NCCC(C)O)n1. The van der Waals surface area contributed by atoms with Gasteiger partial charge in [-0.25, -0.2) is 4.98 Å². The fourth-order valence-electron chi connectivity index (χ4n) is 1.25. The van der Waals surface area contributed by atoms with E-state index in [1.165, 1.54) is 12.1 Å². The number of aliphatic hydroxyl groups excluding tert-OH is 1. The standard InChI is InChI=1S/C10H16N4O3/c1-7(15)3-4-12-10-6-8(14(16)17)5-9(11-2)13-10/h5-7,15H,3-4H2,1-2H3,(H2,11,12,13). The van der Waals surface area contributed by atoms with Crippen molar-refractivity contribution in [2.24, 2.45) is 0 Å². The van der Waals surface area contributed by atoms with Gasteiger partial charge < -0.3 is 15.7 Å². The Morgan fingerprint density at radius 2 is 2.18 bits per heavy atom. The summed E-state index contributed by atoms with van der Waals surface area (Å²) in [4.78, 5) is 14.3. The molecule has 94 valence electrons. The maximum Gasteiger partial charge on any atom is 0.276 e. The molecule has 1 unspecified atom stereocenters. The lowest BCUT2D eigenvalue weighted by Gasteiger charge is -2.08. The summed E-state index contributed by atoms with van der Waals surface area (Å²) >= 11 is 0. The number of aliphatic hydroxyl groups is 1. The van der Waals surface area contributed by atoms with Crippen LogP contribution in [0.1, 0.15) is 13.3 Å². The van der Waals surface area contributed by atoms with Crippen molar-refractivity contribution in [3.05, 3.63) is 22.2 Å². The van der Waals surface area contributed by atoms with Gasteiger partial charge in [-0.15, -0.1) is 0 Å². The normalized spacial score (nSPS) is 11.9. The van der Waals surface area contributed by atoms with Crippen molar-refractivity contribution < 1.29 is 10.0 Å². The zero-order valence-electron chi connectivity index (χ0n) is 9.80. The lowest BCUT2D eigenvalue weighted by atomic mass is 10.3. The summed E-state index contributed by atoms with van der Waals surface area (Å²) in [5.74, 6) is 0.850. The molecule has 0 radical (unpaired) electrons. The van der Waals surface area contributed by atoms with Gasteiger partial charge in [-0.2, -0.15) is 0 Å². The summed E-state index contributed by atoms with van der Waals surface area (Å²) in [5, 5.41) is 25.5. The quantitative estimate of drug-likeness (QED) is 0.510. The molecule has 0 fully saturated rings. The van der Waals surface area contributed by atoms with Crippen molar-refractivity contribution in [1.29, 1.82) is 0 Å². The number of nitrogens with one attached hydrogen (secondary N) is 2. The molecule has 1 aromatic rings. The smallest absolute Gasteiger partial charge is 0.276 e. The van der Waals surface area contributed by atoms with Crippen molar-refractivity contribution in [1.82, 2.24) is 4.98 Å². The van der Waals surface area contributed by atoms with Gasteiger partial charge in [-0.05, 0) is 13.3 Å². The lowest BCUT2D eigenvalue weighted by Crippen LogP contribution is -2.11. The first-order valence-corrected chi connectivity index (χ1v) is 5.29. The highest BCUT2D eigenvalue weighted by Gasteiger charge is 2.10. The molecule has 1 heterocycles. The molecule has 0 saturated heterocycles. The molecule has 0 aliphatic heterocycles. The summed E-state index contributed by atoms with van der Waals surface area (Å²) in [6.45, 7) is 2.19. The van der Waals surface area contributed by atoms with Gasteiger partial charge >= 0.3 is 0 Å². The molecule has 3 N–H and O–H groups in total. The van der Waals surface area contributed by atoms with Crippen LogP contribution in [-0.2, 0) is 0 Å². The number of rotatable bonds is 6. The first kappa shape index (κ1) is 13.2. The number of anilines is 2. The highest BCUT2D eigenvalue weighted by molar-refractivity contribution is 5.54. The molecule has 1 atom stereocenters. The largest absolute Gasteiger partial charge is 0.393 e. The highest BCUT2D eigenvalue weighted by atomic mass is 16.6. The molecule has 7 heteroatoms. The molecule has 0 aliphatic rings. The Balaban J connectivity index is 2.76. The summed E-state index contributed by atoms with van der Waals surface area (Å²) < 4.78 is 0. The third kappa shape index (κ3) is 4.23. The Bertz CT molecular complexity index is 395. The topological polar surface area (TPSA) is 100 Å². The lowest BCUT2D eigenvalue weighted by molar-refractivity contribution is -0.384. The third-order valence-electron chi connectivity index (χ3n) is 2.15. The maximum absolute atomic E-state index is 10.7. The molecular formula is C10H16N4O3. The van der Waals surface area contributed by atoms with Gasteiger partial charge in [-0.3, -0.25) is 10.1 Å². The van der Waals surface area contributed by atoms with Gasteiger partial charge in [-0.1, -0.05) is 0 Å². The van der Waals surface area contributed by atoms with E-state index in [9.17, 15) is 10.1 Å². The van der Waals surface area contributed by atoms with Gasteiger partial charge in [0.05, 0.1) is 23.2 Å². The minimum Gasteiger partial charge on any atom is -0.393 e. The number of nitro groups is 1. The summed E-state index contributed by atoms with van der Waals surface area (Å²) in [6, 6.07) is 2.72. The van der Waals surface area contributed by atoms with Crippen molar-refractivity contribution in [3.8, 4) is 0 Å². The number of hydrogen-bond donors (Lipinski definition) is 3. The van der Waals surface area contributed by atoms with E-state index in [0.717, 1.165) is 0 Å². The van der Waals surface area contributed by atoms with Crippen LogP contribution in [0, 0.1) is 10.1 Å². The van der Waals surface area contributed by atoms with E-state index in [0.29, 0.717) is 24.6 Å². The van der Waals surface area contributed by atoms with E-state index >= 15 is 0 Å². The minimum atomic E-state index is -0.470. The van der Waals surface area contributed by atoms with Gasteiger partial charge in [0.2, 0.25) is 0 Å². The zero-order chi connectivity index (χ0) is 12.8. The van der Waals surface area contributed by atoms with E-state index in [-0.39, 0.29) is 5.69 Å². The Morgan fingerprint density at radius 3 is 2.71 bits per heavy atom. The Labute approximate surface area is 99.0 Å². The molecule has 17 heavy (non-hydrogen) atoms. The van der Waals surface area contributed by atoms with Gasteiger partial charge in [0, 0.05) is 13.6 Å². The van der Waals surface area contributed by atoms with E-state index in [2.05, 4.69) is 15.6 Å². The molecule has 1 rings (SSSR count). The average molecular weight is 240 g/mol. The van der Waals surface area contributed by atoms with Crippen molar-refractivity contribution >= 4 is 17.3 Å². The van der Waals surface area contributed by atoms with Crippen LogP contribution in [0.5, 0.6) is 0 Å². The Morgan fingerprint density at radius 1 is 1.53 bits per heavy atom. The number of pyridine rings is 1. The van der Waals surface area contributed by atoms with Crippen LogP contribution in [0.25, 0.3) is 0 Å². The molecule has 0 saturated carbocycles. The fourth-order valence-corrected chi connectivity index (χ4v) is 1.25. The number of aromatic nitrogens is 1. The molecule has 0 bridgehead atoms. The zero-order valence-corrected chi connectivity index (χ0v) is 9.80. The molecule has 7 nitrogen and oxygen atoms in total. The summed E-state index contributed by atoms with van der Waals surface area (Å²) in [5.41, 5.74) is -0.0242. The average Bonchev–Trinajstić information content (AvgIpc) is 2.28. The predicted octanol–water partition coefficient (Wildman–Crippen LogP) is 1.21. The van der Waals surface area contributed by atoms with Crippen LogP contribution in [0.4, 0.5) is 17.3 Å². The third-order valence-corrected chi connectivity index (χ3v) is 2.15. The molecule has 0 aromatic carbocycles. The highest BCUT2D eigenvalue weighted by Crippen LogP contribution is 2.20. The molecular weight excluding hydrogens is 224 g/mol. The van der Waals surface area contributed by atoms with Crippen LogP contribution < -0.4 is 10.6 Å². The second-order valence-corrected chi connectivity index (χ2v) is 3.67. The molecule has 1 aromatic heterocycles. The Kier molecular flexibility index (Phi) is 4.65. The van der Waals surface area contributed by atoms with Gasteiger partial charge in [0.15, 0.2) is 0 Å². The van der Waals surface area contributed by atoms with E-state index in [1.54, 1.807) is 14.0 Å². The second-order valence-electron chi connectivity index (χ2n) is 3.67. The second kappa shape index (κ2) is 6.00. The van der Waals surface area contributed by atoms with Crippen LogP contribution in [0.3, 0.4) is 0 Å². The predicted molar refractivity (Wildman–Crippen MR) is 65.2 cm³/mol. The van der Waals surface area contributed by atoms with Gasteiger partial charge in [0.25, 0.3) is 5.69 Å². The van der Waals surface area contributed by atoms with Crippen molar-refractivity contribution in [2.75, 3.05) is 24.2 Å². The monoisotopic (exact) mass is 240 g/mol. The van der Waals surface area contributed by atoms with Crippen molar-refractivity contribution in [2.45, 2.75) is 19.4 Å². The van der Waals surface area contributed by atoms with Crippen LogP contribution in [0.15, 0.2) is 12.1 Å². The van der Waals surface area contributed by atoms with Crippen LogP contribution in [0.2, 0.25) is 0 Å². The Hall–Kier alpha value is -1.89. The molecule has 0 spiro atoms.